The summed E-state index contributed by atoms with van der Waals surface area (Å²) in [5.41, 5.74) is 5.34. The molecular formula is C25H20ClN3OS. The van der Waals surface area contributed by atoms with E-state index in [0.29, 0.717) is 0 Å². The third-order valence-corrected chi connectivity index (χ3v) is 6.43. The average Bonchev–Trinajstić information content (AvgIpc) is 3.48. The number of thiazole rings is 1. The number of ether oxygens (including phenoxy) is 1. The van der Waals surface area contributed by atoms with Crippen LogP contribution in [0.2, 0.25) is 5.02 Å². The lowest BCUT2D eigenvalue weighted by molar-refractivity contribution is 0.415. The van der Waals surface area contributed by atoms with Gasteiger partial charge < -0.3 is 4.74 Å². The number of hydrogen-bond donors (Lipinski definition) is 0. The lowest BCUT2D eigenvalue weighted by atomic mass is 9.98. The molecular weight excluding hydrogens is 426 g/mol. The molecule has 0 radical (unpaired) electrons. The number of aromatic nitrogens is 1. The summed E-state index contributed by atoms with van der Waals surface area (Å²) in [5.74, 6) is 0.834. The SMILES string of the molecule is COc1ccc(C2=NN(c3nc(-c4ccccc4)cs3)C(c3ccc(Cl)cc3)C2)cc1. The fourth-order valence-electron chi connectivity index (χ4n) is 3.70. The molecule has 154 valence electrons. The second kappa shape index (κ2) is 8.53. The summed E-state index contributed by atoms with van der Waals surface area (Å²) >= 11 is 7.74. The molecule has 3 aromatic carbocycles. The Morgan fingerprint density at radius 1 is 0.935 bits per heavy atom. The molecule has 6 heteroatoms. The average molecular weight is 446 g/mol. The second-order valence-electron chi connectivity index (χ2n) is 7.27. The molecule has 1 unspecified atom stereocenters. The molecule has 31 heavy (non-hydrogen) atoms. The molecule has 0 bridgehead atoms. The Morgan fingerprint density at radius 3 is 2.39 bits per heavy atom. The van der Waals surface area contributed by atoms with Gasteiger partial charge in [-0.3, -0.25) is 0 Å². The van der Waals surface area contributed by atoms with Crippen LogP contribution >= 0.6 is 22.9 Å². The predicted molar refractivity (Wildman–Crippen MR) is 128 cm³/mol. The number of anilines is 1. The third-order valence-electron chi connectivity index (χ3n) is 5.35. The van der Waals surface area contributed by atoms with Crippen LogP contribution in [-0.2, 0) is 0 Å². The van der Waals surface area contributed by atoms with E-state index in [0.717, 1.165) is 50.4 Å². The molecule has 0 fully saturated rings. The van der Waals surface area contributed by atoms with E-state index in [1.165, 1.54) is 0 Å². The van der Waals surface area contributed by atoms with Crippen molar-refractivity contribution in [2.24, 2.45) is 5.10 Å². The zero-order chi connectivity index (χ0) is 21.2. The van der Waals surface area contributed by atoms with Crippen molar-refractivity contribution in [3.8, 4) is 17.0 Å². The molecule has 1 aliphatic rings. The summed E-state index contributed by atoms with van der Waals surface area (Å²) in [6.07, 6.45) is 0.786. The molecule has 1 aromatic heterocycles. The number of benzene rings is 3. The first-order valence-electron chi connectivity index (χ1n) is 9.99. The minimum Gasteiger partial charge on any atom is -0.497 e. The van der Waals surface area contributed by atoms with Gasteiger partial charge in [0, 0.05) is 22.4 Å². The molecule has 0 saturated heterocycles. The number of methoxy groups -OCH3 is 1. The largest absolute Gasteiger partial charge is 0.497 e. The molecule has 0 saturated carbocycles. The fraction of sp³-hybridized carbons (Fsp3) is 0.120. The Kier molecular flexibility index (Phi) is 5.45. The van der Waals surface area contributed by atoms with Crippen molar-refractivity contribution in [1.82, 2.24) is 4.98 Å². The smallest absolute Gasteiger partial charge is 0.207 e. The molecule has 2 heterocycles. The van der Waals surface area contributed by atoms with E-state index in [1.807, 2.05) is 47.5 Å². The van der Waals surface area contributed by atoms with Crippen LogP contribution in [0.4, 0.5) is 5.13 Å². The molecule has 0 amide bonds. The molecule has 0 N–H and O–H groups in total. The second-order valence-corrected chi connectivity index (χ2v) is 8.55. The van der Waals surface area contributed by atoms with E-state index in [9.17, 15) is 0 Å². The van der Waals surface area contributed by atoms with Crippen molar-refractivity contribution in [3.05, 3.63) is 100 Å². The van der Waals surface area contributed by atoms with E-state index in [1.54, 1.807) is 18.4 Å². The predicted octanol–water partition coefficient (Wildman–Crippen LogP) is 6.83. The van der Waals surface area contributed by atoms with Crippen molar-refractivity contribution in [3.63, 3.8) is 0 Å². The lowest BCUT2D eigenvalue weighted by Gasteiger charge is -2.21. The van der Waals surface area contributed by atoms with Crippen LogP contribution in [0.3, 0.4) is 0 Å². The van der Waals surface area contributed by atoms with Crippen LogP contribution in [0.5, 0.6) is 5.75 Å². The lowest BCUT2D eigenvalue weighted by Crippen LogP contribution is -2.18. The molecule has 1 aliphatic heterocycles. The van der Waals surface area contributed by atoms with Crippen molar-refractivity contribution in [2.75, 3.05) is 12.1 Å². The first-order valence-corrected chi connectivity index (χ1v) is 11.2. The number of halogens is 1. The van der Waals surface area contributed by atoms with Crippen LogP contribution in [0.25, 0.3) is 11.3 Å². The number of hydrogen-bond acceptors (Lipinski definition) is 5. The minimum absolute atomic E-state index is 0.0594. The van der Waals surface area contributed by atoms with E-state index in [-0.39, 0.29) is 6.04 Å². The first-order chi connectivity index (χ1) is 15.2. The molecule has 0 aliphatic carbocycles. The van der Waals surface area contributed by atoms with Crippen LogP contribution in [-0.4, -0.2) is 17.8 Å². The van der Waals surface area contributed by atoms with Crippen LogP contribution in [0.1, 0.15) is 23.6 Å². The Morgan fingerprint density at radius 2 is 1.68 bits per heavy atom. The Bertz CT molecular complexity index is 1200. The highest BCUT2D eigenvalue weighted by atomic mass is 35.5. The molecule has 4 aromatic rings. The quantitative estimate of drug-likeness (QED) is 0.338. The van der Waals surface area contributed by atoms with E-state index in [2.05, 4.69) is 41.8 Å². The Labute approximate surface area is 190 Å². The summed E-state index contributed by atoms with van der Waals surface area (Å²) < 4.78 is 5.30. The zero-order valence-corrected chi connectivity index (χ0v) is 18.5. The van der Waals surface area contributed by atoms with Crippen molar-refractivity contribution in [1.29, 1.82) is 0 Å². The highest BCUT2D eigenvalue weighted by Gasteiger charge is 2.31. The van der Waals surface area contributed by atoms with Crippen LogP contribution in [0.15, 0.2) is 89.3 Å². The summed E-state index contributed by atoms with van der Waals surface area (Å²) in [5, 5.41) is 10.7. The highest BCUT2D eigenvalue weighted by molar-refractivity contribution is 7.14. The van der Waals surface area contributed by atoms with Gasteiger partial charge in [0.05, 0.1) is 24.6 Å². The van der Waals surface area contributed by atoms with Gasteiger partial charge in [0.1, 0.15) is 5.75 Å². The van der Waals surface area contributed by atoms with Gasteiger partial charge in [-0.1, -0.05) is 54.1 Å². The Balaban J connectivity index is 1.52. The molecule has 0 spiro atoms. The summed E-state index contributed by atoms with van der Waals surface area (Å²) in [6.45, 7) is 0. The van der Waals surface area contributed by atoms with Crippen molar-refractivity contribution < 1.29 is 4.74 Å². The number of nitrogens with zero attached hydrogens (tertiary/aromatic N) is 3. The van der Waals surface area contributed by atoms with Gasteiger partial charge >= 0.3 is 0 Å². The topological polar surface area (TPSA) is 37.7 Å². The number of hydrazone groups is 1. The number of rotatable bonds is 5. The standard InChI is InChI=1S/C25H20ClN3OS/c1-30-21-13-9-18(10-14-21)22-15-24(19-7-11-20(26)12-8-19)29(28-22)25-27-23(16-31-25)17-5-3-2-4-6-17/h2-14,16,24H,15H2,1H3. The minimum atomic E-state index is 0.0594. The van der Waals surface area contributed by atoms with Gasteiger partial charge in [0.15, 0.2) is 0 Å². The van der Waals surface area contributed by atoms with Crippen LogP contribution < -0.4 is 9.75 Å². The fourth-order valence-corrected chi connectivity index (χ4v) is 4.66. The molecule has 5 rings (SSSR count). The van der Waals surface area contributed by atoms with Gasteiger partial charge in [0.25, 0.3) is 0 Å². The van der Waals surface area contributed by atoms with Crippen molar-refractivity contribution >= 4 is 33.8 Å². The Hall–Kier alpha value is -3.15. The van der Waals surface area contributed by atoms with Crippen LogP contribution in [0, 0.1) is 0 Å². The van der Waals surface area contributed by atoms with Gasteiger partial charge in [-0.2, -0.15) is 5.10 Å². The normalized spacial score (nSPS) is 15.7. The third kappa shape index (κ3) is 4.07. The van der Waals surface area contributed by atoms with Gasteiger partial charge in [0.2, 0.25) is 5.13 Å². The highest BCUT2D eigenvalue weighted by Crippen LogP contribution is 2.39. The first kappa shape index (κ1) is 19.8. The zero-order valence-electron chi connectivity index (χ0n) is 16.9. The summed E-state index contributed by atoms with van der Waals surface area (Å²) in [6, 6.07) is 26.3. The summed E-state index contributed by atoms with van der Waals surface area (Å²) in [4.78, 5) is 4.90. The van der Waals surface area contributed by atoms with Crippen molar-refractivity contribution in [2.45, 2.75) is 12.5 Å². The van der Waals surface area contributed by atoms with E-state index in [4.69, 9.17) is 26.4 Å². The maximum absolute atomic E-state index is 6.13. The van der Waals surface area contributed by atoms with E-state index < -0.39 is 0 Å². The van der Waals surface area contributed by atoms with Gasteiger partial charge in [-0.25, -0.2) is 9.99 Å². The monoisotopic (exact) mass is 445 g/mol. The molecule has 1 atom stereocenters. The molecule has 4 nitrogen and oxygen atoms in total. The van der Waals surface area contributed by atoms with E-state index >= 15 is 0 Å². The van der Waals surface area contributed by atoms with Gasteiger partial charge in [-0.05, 0) is 47.5 Å². The summed E-state index contributed by atoms with van der Waals surface area (Å²) in [7, 11) is 1.67. The maximum atomic E-state index is 6.13. The maximum Gasteiger partial charge on any atom is 0.207 e. The van der Waals surface area contributed by atoms with Gasteiger partial charge in [-0.15, -0.1) is 11.3 Å².